The lowest BCUT2D eigenvalue weighted by atomic mass is 9.99. The van der Waals surface area contributed by atoms with Crippen LogP contribution >= 0.6 is 11.6 Å². The molecule has 24 heavy (non-hydrogen) atoms. The molecule has 1 amide bonds. The maximum atomic E-state index is 12.1. The van der Waals surface area contributed by atoms with Crippen molar-refractivity contribution in [2.75, 3.05) is 13.2 Å². The van der Waals surface area contributed by atoms with Crippen LogP contribution in [0, 0.1) is 6.92 Å². The van der Waals surface area contributed by atoms with Crippen LogP contribution < -0.4 is 5.73 Å². The van der Waals surface area contributed by atoms with Gasteiger partial charge in [-0.25, -0.2) is 0 Å². The smallest absolute Gasteiger partial charge is 0.251 e. The van der Waals surface area contributed by atoms with E-state index in [1.54, 1.807) is 0 Å². The highest BCUT2D eigenvalue weighted by Gasteiger charge is 2.24. The molecule has 4 nitrogen and oxygen atoms in total. The van der Waals surface area contributed by atoms with Gasteiger partial charge in [-0.3, -0.25) is 4.79 Å². The highest BCUT2D eigenvalue weighted by molar-refractivity contribution is 6.33. The standard InChI is InChI=1S/C19H25ClN2O2/c1-4-16-18(14-9-6-7-10-15(14)20)17(19(21)23)13(3)22(16)11-8-12-24-5-2/h6-7,9-10H,4-5,8,11-12H2,1-3H3,(H2,21,23). The third kappa shape index (κ3) is 3.65. The van der Waals surface area contributed by atoms with Crippen molar-refractivity contribution in [2.24, 2.45) is 5.73 Å². The fraction of sp³-hybridized carbons (Fsp3) is 0.421. The average molecular weight is 349 g/mol. The third-order valence-corrected chi connectivity index (χ3v) is 4.56. The zero-order valence-electron chi connectivity index (χ0n) is 14.6. The first kappa shape index (κ1) is 18.6. The Labute approximate surface area is 148 Å². The van der Waals surface area contributed by atoms with Crippen molar-refractivity contribution in [1.29, 1.82) is 0 Å². The lowest BCUT2D eigenvalue weighted by Crippen LogP contribution is -2.14. The molecule has 2 aromatic rings. The average Bonchev–Trinajstić information content (AvgIpc) is 2.84. The first-order chi connectivity index (χ1) is 11.5. The van der Waals surface area contributed by atoms with Gasteiger partial charge in [0.25, 0.3) is 5.91 Å². The minimum atomic E-state index is -0.416. The molecular formula is C19H25ClN2O2. The summed E-state index contributed by atoms with van der Waals surface area (Å²) < 4.78 is 7.61. The molecule has 0 bridgehead atoms. The predicted octanol–water partition coefficient (Wildman–Crippen LogP) is 4.20. The summed E-state index contributed by atoms with van der Waals surface area (Å²) in [5.41, 5.74) is 9.97. The summed E-state index contributed by atoms with van der Waals surface area (Å²) in [7, 11) is 0. The maximum absolute atomic E-state index is 12.1. The Morgan fingerprint density at radius 2 is 2.00 bits per heavy atom. The Hall–Kier alpha value is -1.78. The van der Waals surface area contributed by atoms with Gasteiger partial charge >= 0.3 is 0 Å². The van der Waals surface area contributed by atoms with Crippen molar-refractivity contribution in [3.63, 3.8) is 0 Å². The van der Waals surface area contributed by atoms with Crippen molar-refractivity contribution in [2.45, 2.75) is 40.2 Å². The number of hydrogen-bond acceptors (Lipinski definition) is 2. The fourth-order valence-electron chi connectivity index (χ4n) is 3.19. The van der Waals surface area contributed by atoms with Crippen molar-refractivity contribution < 1.29 is 9.53 Å². The van der Waals surface area contributed by atoms with Gasteiger partial charge in [-0.05, 0) is 32.8 Å². The molecule has 0 aliphatic carbocycles. The van der Waals surface area contributed by atoms with E-state index in [1.165, 1.54) is 0 Å². The van der Waals surface area contributed by atoms with Crippen LogP contribution in [0.15, 0.2) is 24.3 Å². The van der Waals surface area contributed by atoms with Gasteiger partial charge in [0.1, 0.15) is 0 Å². The molecular weight excluding hydrogens is 324 g/mol. The molecule has 0 radical (unpaired) electrons. The van der Waals surface area contributed by atoms with Crippen molar-refractivity contribution in [3.8, 4) is 11.1 Å². The molecule has 1 aromatic carbocycles. The van der Waals surface area contributed by atoms with E-state index < -0.39 is 5.91 Å². The van der Waals surface area contributed by atoms with E-state index in [1.807, 2.05) is 38.1 Å². The van der Waals surface area contributed by atoms with Crippen LogP contribution in [-0.4, -0.2) is 23.7 Å². The van der Waals surface area contributed by atoms with E-state index in [4.69, 9.17) is 22.1 Å². The minimum absolute atomic E-state index is 0.416. The molecule has 0 saturated carbocycles. The van der Waals surface area contributed by atoms with Gasteiger partial charge in [-0.15, -0.1) is 0 Å². The van der Waals surface area contributed by atoms with Crippen molar-refractivity contribution in [3.05, 3.63) is 46.2 Å². The van der Waals surface area contributed by atoms with Crippen LogP contribution in [0.2, 0.25) is 5.02 Å². The molecule has 2 N–H and O–H groups in total. The highest BCUT2D eigenvalue weighted by Crippen LogP contribution is 2.37. The number of rotatable bonds is 8. The maximum Gasteiger partial charge on any atom is 0.251 e. The summed E-state index contributed by atoms with van der Waals surface area (Å²) in [6.45, 7) is 8.21. The van der Waals surface area contributed by atoms with Crippen LogP contribution in [-0.2, 0) is 17.7 Å². The quantitative estimate of drug-likeness (QED) is 0.726. The number of nitrogens with two attached hydrogens (primary N) is 1. The van der Waals surface area contributed by atoms with E-state index >= 15 is 0 Å². The summed E-state index contributed by atoms with van der Waals surface area (Å²) in [4.78, 5) is 12.1. The lowest BCUT2D eigenvalue weighted by Gasteiger charge is -2.12. The summed E-state index contributed by atoms with van der Waals surface area (Å²) in [6, 6.07) is 7.58. The molecule has 0 saturated heterocycles. The van der Waals surface area contributed by atoms with Gasteiger partial charge < -0.3 is 15.0 Å². The first-order valence-corrected chi connectivity index (χ1v) is 8.75. The molecule has 5 heteroatoms. The Kier molecular flexibility index (Phi) is 6.46. The number of carbonyl (C=O) groups excluding carboxylic acids is 1. The van der Waals surface area contributed by atoms with E-state index in [-0.39, 0.29) is 0 Å². The molecule has 1 aromatic heterocycles. The molecule has 0 unspecified atom stereocenters. The summed E-state index contributed by atoms with van der Waals surface area (Å²) in [5.74, 6) is -0.416. The zero-order valence-corrected chi connectivity index (χ0v) is 15.3. The van der Waals surface area contributed by atoms with Gasteiger partial charge in [-0.2, -0.15) is 0 Å². The van der Waals surface area contributed by atoms with Gasteiger partial charge in [-0.1, -0.05) is 36.7 Å². The molecule has 0 aliphatic rings. The van der Waals surface area contributed by atoms with Crippen LogP contribution in [0.4, 0.5) is 0 Å². The van der Waals surface area contributed by atoms with Crippen molar-refractivity contribution in [1.82, 2.24) is 4.57 Å². The minimum Gasteiger partial charge on any atom is -0.382 e. The van der Waals surface area contributed by atoms with E-state index in [0.29, 0.717) is 23.8 Å². The number of carbonyl (C=O) groups is 1. The topological polar surface area (TPSA) is 57.2 Å². The van der Waals surface area contributed by atoms with E-state index in [0.717, 1.165) is 41.9 Å². The van der Waals surface area contributed by atoms with E-state index in [2.05, 4.69) is 11.5 Å². The Morgan fingerprint density at radius 3 is 2.58 bits per heavy atom. The summed E-state index contributed by atoms with van der Waals surface area (Å²) in [6.07, 6.45) is 1.68. The SMILES string of the molecule is CCOCCCn1c(C)c(C(N)=O)c(-c2ccccc2Cl)c1CC. The molecule has 1 heterocycles. The zero-order chi connectivity index (χ0) is 17.7. The second-order valence-electron chi connectivity index (χ2n) is 5.68. The van der Waals surface area contributed by atoms with Gasteiger partial charge in [0, 0.05) is 47.3 Å². The van der Waals surface area contributed by atoms with Crippen LogP contribution in [0.3, 0.4) is 0 Å². The van der Waals surface area contributed by atoms with E-state index in [9.17, 15) is 4.79 Å². The second kappa shape index (κ2) is 8.36. The summed E-state index contributed by atoms with van der Waals surface area (Å²) in [5, 5.41) is 0.626. The lowest BCUT2D eigenvalue weighted by molar-refractivity contribution is 0.1000. The van der Waals surface area contributed by atoms with Gasteiger partial charge in [0.2, 0.25) is 0 Å². The number of primary amides is 1. The monoisotopic (exact) mass is 348 g/mol. The fourth-order valence-corrected chi connectivity index (χ4v) is 3.42. The van der Waals surface area contributed by atoms with Crippen LogP contribution in [0.1, 0.15) is 42.0 Å². The first-order valence-electron chi connectivity index (χ1n) is 8.37. The largest absolute Gasteiger partial charge is 0.382 e. The molecule has 0 aliphatic heterocycles. The Bertz CT molecular complexity index is 722. The molecule has 0 fully saturated rings. The Morgan fingerprint density at radius 1 is 1.29 bits per heavy atom. The number of amides is 1. The van der Waals surface area contributed by atoms with Crippen molar-refractivity contribution >= 4 is 17.5 Å². The highest BCUT2D eigenvalue weighted by atomic mass is 35.5. The van der Waals surface area contributed by atoms with Gasteiger partial charge in [0.05, 0.1) is 5.56 Å². The number of hydrogen-bond donors (Lipinski definition) is 1. The molecule has 2 rings (SSSR count). The second-order valence-corrected chi connectivity index (χ2v) is 6.09. The normalized spacial score (nSPS) is 11.0. The molecule has 0 atom stereocenters. The van der Waals surface area contributed by atoms with Crippen LogP contribution in [0.5, 0.6) is 0 Å². The Balaban J connectivity index is 2.56. The third-order valence-electron chi connectivity index (χ3n) is 4.23. The van der Waals surface area contributed by atoms with Gasteiger partial charge in [0.15, 0.2) is 0 Å². The molecule has 130 valence electrons. The van der Waals surface area contributed by atoms with Crippen LogP contribution in [0.25, 0.3) is 11.1 Å². The number of nitrogens with zero attached hydrogens (tertiary/aromatic N) is 1. The number of ether oxygens (including phenoxy) is 1. The number of benzene rings is 1. The number of aromatic nitrogens is 1. The predicted molar refractivity (Wildman–Crippen MR) is 98.6 cm³/mol. The molecule has 0 spiro atoms. The summed E-state index contributed by atoms with van der Waals surface area (Å²) >= 11 is 6.39. The number of halogens is 1.